The number of ether oxygens (including phenoxy) is 1. The lowest BCUT2D eigenvalue weighted by Crippen LogP contribution is -2.43. The summed E-state index contributed by atoms with van der Waals surface area (Å²) in [5.74, 6) is -1.48. The molecule has 0 bridgehead atoms. The van der Waals surface area contributed by atoms with E-state index in [9.17, 15) is 14.0 Å². The van der Waals surface area contributed by atoms with Gasteiger partial charge in [0.05, 0.1) is 0 Å². The number of rotatable bonds is 5. The van der Waals surface area contributed by atoms with Crippen LogP contribution < -0.4 is 5.32 Å². The number of benzene rings is 1. The molecule has 0 aliphatic heterocycles. The Balaban J connectivity index is 2.56. The van der Waals surface area contributed by atoms with Crippen LogP contribution in [0, 0.1) is 5.82 Å². The highest BCUT2D eigenvalue weighted by atomic mass is 19.1. The fourth-order valence-corrected chi connectivity index (χ4v) is 1.67. The van der Waals surface area contributed by atoms with Crippen LogP contribution in [0.1, 0.15) is 32.8 Å². The number of hydrogen-bond donors (Lipinski definition) is 2. The third kappa shape index (κ3) is 6.74. The van der Waals surface area contributed by atoms with Crippen molar-refractivity contribution in [2.75, 3.05) is 0 Å². The predicted molar refractivity (Wildman–Crippen MR) is 75.5 cm³/mol. The second-order valence-corrected chi connectivity index (χ2v) is 5.70. The molecule has 1 unspecified atom stereocenters. The summed E-state index contributed by atoms with van der Waals surface area (Å²) in [6, 6.07) is 4.74. The molecule has 1 aromatic rings. The first-order chi connectivity index (χ1) is 9.67. The van der Waals surface area contributed by atoms with Crippen molar-refractivity contribution < 1.29 is 23.8 Å². The van der Waals surface area contributed by atoms with Gasteiger partial charge in [0, 0.05) is 0 Å². The van der Waals surface area contributed by atoms with E-state index in [1.54, 1.807) is 32.9 Å². The largest absolute Gasteiger partial charge is 0.480 e. The van der Waals surface area contributed by atoms with Gasteiger partial charge in [0.2, 0.25) is 0 Å². The standard InChI is InChI=1S/C15H20FNO4/c1-15(2,3)21-14(20)17-12(13(18)19)9-6-10-4-7-11(16)8-5-10/h4-5,7-8,12H,6,9H2,1-3H3,(H,17,20)(H,18,19). The summed E-state index contributed by atoms with van der Waals surface area (Å²) in [7, 11) is 0. The van der Waals surface area contributed by atoms with Crippen LogP contribution >= 0.6 is 0 Å². The Morgan fingerprint density at radius 3 is 2.33 bits per heavy atom. The van der Waals surface area contributed by atoms with Gasteiger partial charge in [-0.15, -0.1) is 0 Å². The van der Waals surface area contributed by atoms with E-state index in [1.807, 2.05) is 0 Å². The predicted octanol–water partition coefficient (Wildman–Crippen LogP) is 2.74. The van der Waals surface area contributed by atoms with Gasteiger partial charge in [-0.1, -0.05) is 12.1 Å². The summed E-state index contributed by atoms with van der Waals surface area (Å²) in [6.07, 6.45) is -0.165. The van der Waals surface area contributed by atoms with E-state index in [-0.39, 0.29) is 12.2 Å². The molecular formula is C15H20FNO4. The fraction of sp³-hybridized carbons (Fsp3) is 0.467. The average Bonchev–Trinajstić information content (AvgIpc) is 2.33. The first kappa shape index (κ1) is 16.9. The minimum Gasteiger partial charge on any atom is -0.480 e. The van der Waals surface area contributed by atoms with Crippen LogP contribution in [-0.4, -0.2) is 28.8 Å². The monoisotopic (exact) mass is 297 g/mol. The number of carbonyl (C=O) groups excluding carboxylic acids is 1. The molecule has 1 amide bonds. The van der Waals surface area contributed by atoms with E-state index in [4.69, 9.17) is 9.84 Å². The van der Waals surface area contributed by atoms with E-state index in [2.05, 4.69) is 5.32 Å². The summed E-state index contributed by atoms with van der Waals surface area (Å²) in [5.41, 5.74) is 0.109. The summed E-state index contributed by atoms with van der Waals surface area (Å²) in [6.45, 7) is 5.09. The summed E-state index contributed by atoms with van der Waals surface area (Å²) in [5, 5.41) is 11.4. The van der Waals surface area contributed by atoms with Crippen LogP contribution in [-0.2, 0) is 16.0 Å². The number of aliphatic carboxylic acids is 1. The quantitative estimate of drug-likeness (QED) is 0.876. The maximum Gasteiger partial charge on any atom is 0.408 e. The molecule has 6 heteroatoms. The second kappa shape index (κ2) is 7.06. The molecule has 0 aliphatic carbocycles. The number of carboxylic acid groups (broad SMARTS) is 1. The number of alkyl carbamates (subject to hydrolysis) is 1. The molecule has 0 aromatic heterocycles. The van der Waals surface area contributed by atoms with Crippen molar-refractivity contribution in [1.82, 2.24) is 5.32 Å². The van der Waals surface area contributed by atoms with E-state index in [0.717, 1.165) is 5.56 Å². The normalized spacial score (nSPS) is 12.6. The zero-order valence-corrected chi connectivity index (χ0v) is 12.4. The number of hydrogen-bond acceptors (Lipinski definition) is 3. The van der Waals surface area contributed by atoms with Gasteiger partial charge in [0.25, 0.3) is 0 Å². The Labute approximate surface area is 123 Å². The Kier molecular flexibility index (Phi) is 5.69. The van der Waals surface area contributed by atoms with Crippen LogP contribution in [0.2, 0.25) is 0 Å². The lowest BCUT2D eigenvalue weighted by molar-refractivity contribution is -0.139. The maximum absolute atomic E-state index is 12.8. The molecule has 0 aliphatic rings. The van der Waals surface area contributed by atoms with E-state index in [0.29, 0.717) is 6.42 Å². The molecule has 0 spiro atoms. The number of nitrogens with one attached hydrogen (secondary N) is 1. The molecule has 0 radical (unpaired) electrons. The third-order valence-corrected chi connectivity index (χ3v) is 2.62. The van der Waals surface area contributed by atoms with Crippen LogP contribution in [0.15, 0.2) is 24.3 Å². The third-order valence-electron chi connectivity index (χ3n) is 2.62. The number of carbonyl (C=O) groups is 2. The number of carboxylic acids is 1. The average molecular weight is 297 g/mol. The van der Waals surface area contributed by atoms with Gasteiger partial charge in [0.1, 0.15) is 17.5 Å². The Hall–Kier alpha value is -2.11. The highest BCUT2D eigenvalue weighted by molar-refractivity contribution is 5.80. The van der Waals surface area contributed by atoms with Crippen molar-refractivity contribution in [1.29, 1.82) is 0 Å². The molecule has 0 saturated carbocycles. The van der Waals surface area contributed by atoms with Crippen LogP contribution in [0.3, 0.4) is 0 Å². The van der Waals surface area contributed by atoms with Gasteiger partial charge in [-0.25, -0.2) is 14.0 Å². The minimum absolute atomic E-state index is 0.195. The van der Waals surface area contributed by atoms with E-state index < -0.39 is 23.7 Å². The Morgan fingerprint density at radius 1 is 1.29 bits per heavy atom. The van der Waals surface area contributed by atoms with Crippen LogP contribution in [0.5, 0.6) is 0 Å². The van der Waals surface area contributed by atoms with E-state index in [1.165, 1.54) is 12.1 Å². The molecule has 0 saturated heterocycles. The number of halogens is 1. The Morgan fingerprint density at radius 2 is 1.86 bits per heavy atom. The highest BCUT2D eigenvalue weighted by Crippen LogP contribution is 2.10. The SMILES string of the molecule is CC(C)(C)OC(=O)NC(CCc1ccc(F)cc1)C(=O)O. The molecule has 0 fully saturated rings. The van der Waals surface area contributed by atoms with Gasteiger partial charge in [-0.2, -0.15) is 0 Å². The molecular weight excluding hydrogens is 277 g/mol. The highest BCUT2D eigenvalue weighted by Gasteiger charge is 2.23. The van der Waals surface area contributed by atoms with Gasteiger partial charge in [-0.05, 0) is 51.3 Å². The van der Waals surface area contributed by atoms with Crippen molar-refractivity contribution in [3.63, 3.8) is 0 Å². The van der Waals surface area contributed by atoms with Crippen molar-refractivity contribution >= 4 is 12.1 Å². The van der Waals surface area contributed by atoms with Crippen molar-refractivity contribution in [3.05, 3.63) is 35.6 Å². The minimum atomic E-state index is -1.14. The van der Waals surface area contributed by atoms with Crippen molar-refractivity contribution in [3.8, 4) is 0 Å². The first-order valence-electron chi connectivity index (χ1n) is 6.64. The fourth-order valence-electron chi connectivity index (χ4n) is 1.67. The summed E-state index contributed by atoms with van der Waals surface area (Å²) < 4.78 is 17.8. The second-order valence-electron chi connectivity index (χ2n) is 5.70. The molecule has 1 atom stereocenters. The number of amides is 1. The molecule has 1 rings (SSSR count). The molecule has 21 heavy (non-hydrogen) atoms. The zero-order chi connectivity index (χ0) is 16.0. The van der Waals surface area contributed by atoms with Gasteiger partial charge >= 0.3 is 12.1 Å². The first-order valence-corrected chi connectivity index (χ1v) is 6.64. The zero-order valence-electron chi connectivity index (χ0n) is 12.4. The van der Waals surface area contributed by atoms with Gasteiger partial charge < -0.3 is 15.2 Å². The van der Waals surface area contributed by atoms with Crippen molar-refractivity contribution in [2.45, 2.75) is 45.3 Å². The maximum atomic E-state index is 12.8. The Bertz CT molecular complexity index is 493. The topological polar surface area (TPSA) is 75.6 Å². The van der Waals surface area contributed by atoms with E-state index >= 15 is 0 Å². The smallest absolute Gasteiger partial charge is 0.408 e. The molecule has 5 nitrogen and oxygen atoms in total. The number of aryl methyl sites for hydroxylation is 1. The lowest BCUT2D eigenvalue weighted by atomic mass is 10.1. The summed E-state index contributed by atoms with van der Waals surface area (Å²) >= 11 is 0. The molecule has 1 aromatic carbocycles. The van der Waals surface area contributed by atoms with Gasteiger partial charge in [0.15, 0.2) is 0 Å². The van der Waals surface area contributed by atoms with Crippen molar-refractivity contribution in [2.24, 2.45) is 0 Å². The van der Waals surface area contributed by atoms with Crippen LogP contribution in [0.4, 0.5) is 9.18 Å². The van der Waals surface area contributed by atoms with Gasteiger partial charge in [-0.3, -0.25) is 0 Å². The molecule has 116 valence electrons. The molecule has 2 N–H and O–H groups in total. The lowest BCUT2D eigenvalue weighted by Gasteiger charge is -2.22. The van der Waals surface area contributed by atoms with Crippen LogP contribution in [0.25, 0.3) is 0 Å². The molecule has 0 heterocycles. The summed E-state index contributed by atoms with van der Waals surface area (Å²) in [4.78, 5) is 22.7.